The third-order valence-electron chi connectivity index (χ3n) is 5.07. The lowest BCUT2D eigenvalue weighted by molar-refractivity contribution is 0.190. The van der Waals surface area contributed by atoms with E-state index in [1.807, 2.05) is 23.3 Å². The van der Waals surface area contributed by atoms with E-state index < -0.39 is 0 Å². The highest BCUT2D eigenvalue weighted by molar-refractivity contribution is 7.17. The van der Waals surface area contributed by atoms with Gasteiger partial charge in [-0.25, -0.2) is 19.2 Å². The molecule has 0 unspecified atom stereocenters. The zero-order chi connectivity index (χ0) is 19.5. The third kappa shape index (κ3) is 3.77. The topological polar surface area (TPSA) is 61.4 Å². The second-order valence-electron chi connectivity index (χ2n) is 6.77. The maximum atomic E-state index is 13.2. The minimum absolute atomic E-state index is 0.0835. The van der Waals surface area contributed by atoms with Crippen LogP contribution in [0.4, 0.5) is 15.0 Å². The van der Waals surface area contributed by atoms with Crippen LogP contribution in [0.5, 0.6) is 0 Å². The van der Waals surface area contributed by atoms with Gasteiger partial charge in [-0.05, 0) is 35.6 Å². The van der Waals surface area contributed by atoms with Gasteiger partial charge in [0.2, 0.25) is 0 Å². The molecular weight excluding hydrogens is 377 g/mol. The number of carbonyl (C=O) groups excluding carboxylic acids is 1. The van der Waals surface area contributed by atoms with E-state index in [-0.39, 0.29) is 17.9 Å². The molecule has 2 amide bonds. The maximum absolute atomic E-state index is 13.2. The van der Waals surface area contributed by atoms with Gasteiger partial charge >= 0.3 is 6.03 Å². The Balaban J connectivity index is 1.38. The van der Waals surface area contributed by atoms with Crippen LogP contribution in [0.15, 0.2) is 42.0 Å². The van der Waals surface area contributed by atoms with Gasteiger partial charge in [0.05, 0.1) is 16.3 Å². The Morgan fingerprint density at radius 1 is 1.18 bits per heavy atom. The quantitative estimate of drug-likeness (QED) is 0.725. The summed E-state index contributed by atoms with van der Waals surface area (Å²) in [4.78, 5) is 25.5. The minimum Gasteiger partial charge on any atom is -0.352 e. The fourth-order valence-electron chi connectivity index (χ4n) is 3.48. The Morgan fingerprint density at radius 3 is 2.64 bits per heavy atom. The molecule has 3 heterocycles. The Kier molecular flexibility index (Phi) is 5.38. The van der Waals surface area contributed by atoms with Crippen molar-refractivity contribution in [1.82, 2.24) is 20.2 Å². The summed E-state index contributed by atoms with van der Waals surface area (Å²) in [5, 5.41) is 5.10. The van der Waals surface area contributed by atoms with Crippen molar-refractivity contribution < 1.29 is 9.18 Å². The molecular formula is C20H22FN5OS. The van der Waals surface area contributed by atoms with Gasteiger partial charge in [0, 0.05) is 26.2 Å². The highest BCUT2D eigenvalue weighted by atomic mass is 32.1. The van der Waals surface area contributed by atoms with Crippen LogP contribution in [0.3, 0.4) is 0 Å². The lowest BCUT2D eigenvalue weighted by atomic mass is 10.0. The van der Waals surface area contributed by atoms with Crippen LogP contribution in [-0.4, -0.2) is 47.1 Å². The molecule has 8 heteroatoms. The summed E-state index contributed by atoms with van der Waals surface area (Å²) < 4.78 is 14.2. The lowest BCUT2D eigenvalue weighted by Crippen LogP contribution is -2.52. The molecule has 1 aromatic carbocycles. The number of carbonyl (C=O) groups is 1. The third-order valence-corrected chi connectivity index (χ3v) is 5.97. The Labute approximate surface area is 167 Å². The van der Waals surface area contributed by atoms with E-state index in [4.69, 9.17) is 0 Å². The summed E-state index contributed by atoms with van der Waals surface area (Å²) in [5.41, 5.74) is 1.87. The van der Waals surface area contributed by atoms with Crippen LogP contribution < -0.4 is 10.2 Å². The second kappa shape index (κ2) is 8.10. The SMILES string of the molecule is CC[C@H](NC(=O)N1CCN(c2ncnc3ccsc23)CC1)c1ccc(F)cc1. The molecule has 28 heavy (non-hydrogen) atoms. The molecule has 1 saturated heterocycles. The van der Waals surface area contributed by atoms with Gasteiger partial charge in [-0.3, -0.25) is 0 Å². The number of amides is 2. The molecule has 6 nitrogen and oxygen atoms in total. The number of halogens is 1. The normalized spacial score (nSPS) is 15.6. The molecule has 1 N–H and O–H groups in total. The highest BCUT2D eigenvalue weighted by Gasteiger charge is 2.25. The summed E-state index contributed by atoms with van der Waals surface area (Å²) in [7, 11) is 0. The molecule has 1 fully saturated rings. The Morgan fingerprint density at radius 2 is 1.93 bits per heavy atom. The molecule has 146 valence electrons. The molecule has 0 bridgehead atoms. The van der Waals surface area contributed by atoms with Crippen LogP contribution in [0, 0.1) is 5.82 Å². The van der Waals surface area contributed by atoms with Crippen LogP contribution in [0.25, 0.3) is 10.2 Å². The number of hydrogen-bond acceptors (Lipinski definition) is 5. The van der Waals surface area contributed by atoms with Gasteiger partial charge in [0.15, 0.2) is 0 Å². The predicted molar refractivity (Wildman–Crippen MR) is 109 cm³/mol. The molecule has 4 rings (SSSR count). The summed E-state index contributed by atoms with van der Waals surface area (Å²) in [6.07, 6.45) is 2.34. The number of rotatable bonds is 4. The molecule has 1 atom stereocenters. The first-order chi connectivity index (χ1) is 13.7. The highest BCUT2D eigenvalue weighted by Crippen LogP contribution is 2.28. The largest absolute Gasteiger partial charge is 0.352 e. The van der Waals surface area contributed by atoms with Crippen molar-refractivity contribution in [2.75, 3.05) is 31.1 Å². The van der Waals surface area contributed by atoms with Crippen molar-refractivity contribution in [3.05, 3.63) is 53.4 Å². The first kappa shape index (κ1) is 18.6. The number of piperazine rings is 1. The minimum atomic E-state index is -0.273. The van der Waals surface area contributed by atoms with Crippen molar-refractivity contribution >= 4 is 33.4 Å². The number of benzene rings is 1. The van der Waals surface area contributed by atoms with E-state index in [9.17, 15) is 9.18 Å². The number of nitrogens with one attached hydrogen (secondary N) is 1. The van der Waals surface area contributed by atoms with Crippen LogP contribution in [0.2, 0.25) is 0 Å². The number of aromatic nitrogens is 2. The fourth-order valence-corrected chi connectivity index (χ4v) is 4.34. The number of hydrogen-bond donors (Lipinski definition) is 1. The molecule has 2 aromatic heterocycles. The van der Waals surface area contributed by atoms with Crippen LogP contribution in [-0.2, 0) is 0 Å². The van der Waals surface area contributed by atoms with Gasteiger partial charge in [-0.2, -0.15) is 0 Å². The smallest absolute Gasteiger partial charge is 0.318 e. The van der Waals surface area contributed by atoms with Crippen molar-refractivity contribution in [3.63, 3.8) is 0 Å². The number of thiophene rings is 1. The summed E-state index contributed by atoms with van der Waals surface area (Å²) in [5.74, 6) is 0.670. The summed E-state index contributed by atoms with van der Waals surface area (Å²) >= 11 is 1.64. The van der Waals surface area contributed by atoms with E-state index >= 15 is 0 Å². The first-order valence-electron chi connectivity index (χ1n) is 9.39. The molecule has 0 aliphatic carbocycles. The van der Waals surface area contributed by atoms with Crippen molar-refractivity contribution in [2.24, 2.45) is 0 Å². The van der Waals surface area contributed by atoms with Crippen molar-refractivity contribution in [3.8, 4) is 0 Å². The molecule has 0 radical (unpaired) electrons. The first-order valence-corrected chi connectivity index (χ1v) is 10.3. The van der Waals surface area contributed by atoms with E-state index in [1.165, 1.54) is 12.1 Å². The zero-order valence-corrected chi connectivity index (χ0v) is 16.5. The lowest BCUT2D eigenvalue weighted by Gasteiger charge is -2.36. The van der Waals surface area contributed by atoms with Crippen molar-refractivity contribution in [2.45, 2.75) is 19.4 Å². The summed E-state index contributed by atoms with van der Waals surface area (Å²) in [6, 6.07) is 8.09. The number of anilines is 1. The van der Waals surface area contributed by atoms with Gasteiger partial charge in [-0.15, -0.1) is 11.3 Å². The van der Waals surface area contributed by atoms with E-state index in [0.717, 1.165) is 41.1 Å². The standard InChI is InChI=1S/C20H22FN5OS/c1-2-16(14-3-5-15(21)6-4-14)24-20(27)26-10-8-25(9-11-26)19-18-17(7-12-28-18)22-13-23-19/h3-7,12-13,16H,2,8-11H2,1H3,(H,24,27)/t16-/m0/s1. The molecule has 1 aliphatic heterocycles. The van der Waals surface area contributed by atoms with Crippen LogP contribution >= 0.6 is 11.3 Å². The summed E-state index contributed by atoms with van der Waals surface area (Å²) in [6.45, 7) is 4.72. The van der Waals surface area contributed by atoms with Crippen molar-refractivity contribution in [1.29, 1.82) is 0 Å². The van der Waals surface area contributed by atoms with Gasteiger partial charge in [-0.1, -0.05) is 19.1 Å². The number of urea groups is 1. The number of nitrogens with zero attached hydrogens (tertiary/aromatic N) is 4. The second-order valence-corrected chi connectivity index (χ2v) is 7.68. The van der Waals surface area contributed by atoms with Crippen LogP contribution in [0.1, 0.15) is 24.9 Å². The van der Waals surface area contributed by atoms with Gasteiger partial charge < -0.3 is 15.1 Å². The zero-order valence-electron chi connectivity index (χ0n) is 15.6. The Bertz CT molecular complexity index is 953. The van der Waals surface area contributed by atoms with Gasteiger partial charge in [0.1, 0.15) is 18.0 Å². The average Bonchev–Trinajstić information content (AvgIpc) is 3.22. The maximum Gasteiger partial charge on any atom is 0.318 e. The molecule has 1 aliphatic rings. The predicted octanol–water partition coefficient (Wildman–Crippen LogP) is 3.81. The average molecular weight is 399 g/mol. The van der Waals surface area contributed by atoms with E-state index in [0.29, 0.717) is 13.1 Å². The fraction of sp³-hybridized carbons (Fsp3) is 0.350. The van der Waals surface area contributed by atoms with E-state index in [2.05, 4.69) is 20.2 Å². The molecule has 3 aromatic rings. The van der Waals surface area contributed by atoms with Gasteiger partial charge in [0.25, 0.3) is 0 Å². The van der Waals surface area contributed by atoms with E-state index in [1.54, 1.807) is 29.8 Å². The Hall–Kier alpha value is -2.74. The molecule has 0 spiro atoms. The monoisotopic (exact) mass is 399 g/mol. The number of fused-ring (bicyclic) bond motifs is 1. The molecule has 0 saturated carbocycles.